The zero-order chi connectivity index (χ0) is 18.8. The average molecular weight is 357 g/mol. The molecule has 1 amide bonds. The summed E-state index contributed by atoms with van der Waals surface area (Å²) >= 11 is 0. The van der Waals surface area contributed by atoms with Gasteiger partial charge in [0.25, 0.3) is 0 Å². The minimum atomic E-state index is 0.0309. The molecule has 0 radical (unpaired) electrons. The molecule has 142 valence electrons. The maximum absolute atomic E-state index is 12.4. The second-order valence-corrected chi connectivity index (χ2v) is 6.79. The van der Waals surface area contributed by atoms with Crippen molar-refractivity contribution in [2.24, 2.45) is 5.92 Å². The number of nitrogens with zero attached hydrogens (tertiary/aromatic N) is 2. The lowest BCUT2D eigenvalue weighted by Gasteiger charge is -2.31. The van der Waals surface area contributed by atoms with Crippen LogP contribution in [-0.2, 0) is 11.3 Å². The minimum Gasteiger partial charge on any atom is -0.396 e. The van der Waals surface area contributed by atoms with E-state index in [-0.39, 0.29) is 12.5 Å². The van der Waals surface area contributed by atoms with Crippen LogP contribution in [0.25, 0.3) is 0 Å². The van der Waals surface area contributed by atoms with E-state index in [2.05, 4.69) is 29.4 Å². The van der Waals surface area contributed by atoms with Crippen LogP contribution in [0.5, 0.6) is 0 Å². The SMILES string of the molecule is C=CCN(CC=C)C(=O)CNc1ccccc1CN1CCC(CO)CC1. The van der Waals surface area contributed by atoms with Gasteiger partial charge in [-0.1, -0.05) is 30.4 Å². The molecule has 2 rings (SSSR count). The number of likely N-dealkylation sites (tertiary alicyclic amines) is 1. The van der Waals surface area contributed by atoms with Crippen molar-refractivity contribution in [2.75, 3.05) is 44.6 Å². The topological polar surface area (TPSA) is 55.8 Å². The molecule has 0 saturated carbocycles. The molecule has 5 heteroatoms. The first-order chi connectivity index (χ1) is 12.7. The van der Waals surface area contributed by atoms with E-state index in [1.54, 1.807) is 17.1 Å². The quantitative estimate of drug-likeness (QED) is 0.632. The van der Waals surface area contributed by atoms with Gasteiger partial charge in [-0.3, -0.25) is 9.69 Å². The molecule has 1 aromatic rings. The Balaban J connectivity index is 1.93. The molecule has 0 spiro atoms. The molecule has 1 heterocycles. The van der Waals surface area contributed by atoms with Gasteiger partial charge in [0.2, 0.25) is 5.91 Å². The standard InChI is InChI=1S/C21H31N3O2/c1-3-11-24(12-4-2)21(26)15-22-20-8-6-5-7-19(20)16-23-13-9-18(17-25)10-14-23/h3-8,18,22,25H,1-2,9-17H2. The van der Waals surface area contributed by atoms with Crippen molar-refractivity contribution >= 4 is 11.6 Å². The van der Waals surface area contributed by atoms with Crippen LogP contribution >= 0.6 is 0 Å². The number of nitrogens with one attached hydrogen (secondary N) is 1. The van der Waals surface area contributed by atoms with E-state index in [0.717, 1.165) is 38.2 Å². The van der Waals surface area contributed by atoms with Gasteiger partial charge in [0.15, 0.2) is 0 Å². The number of aliphatic hydroxyl groups excluding tert-OH is 1. The molecule has 26 heavy (non-hydrogen) atoms. The third-order valence-corrected chi connectivity index (χ3v) is 4.86. The summed E-state index contributed by atoms with van der Waals surface area (Å²) in [5.74, 6) is 0.473. The fourth-order valence-corrected chi connectivity index (χ4v) is 3.27. The van der Waals surface area contributed by atoms with Gasteiger partial charge < -0.3 is 15.3 Å². The van der Waals surface area contributed by atoms with Crippen LogP contribution in [0.3, 0.4) is 0 Å². The lowest BCUT2D eigenvalue weighted by Crippen LogP contribution is -2.36. The highest BCUT2D eigenvalue weighted by atomic mass is 16.3. The van der Waals surface area contributed by atoms with E-state index in [9.17, 15) is 9.90 Å². The molecule has 1 aromatic carbocycles. The normalized spacial score (nSPS) is 15.4. The van der Waals surface area contributed by atoms with E-state index in [4.69, 9.17) is 0 Å². The molecular formula is C21H31N3O2. The monoisotopic (exact) mass is 357 g/mol. The molecule has 2 N–H and O–H groups in total. The van der Waals surface area contributed by atoms with E-state index < -0.39 is 0 Å². The molecule has 1 aliphatic heterocycles. The Labute approximate surface area is 157 Å². The van der Waals surface area contributed by atoms with Crippen molar-refractivity contribution in [3.05, 3.63) is 55.1 Å². The number of amides is 1. The van der Waals surface area contributed by atoms with Gasteiger partial charge in [-0.25, -0.2) is 0 Å². The molecule has 0 bridgehead atoms. The predicted molar refractivity (Wildman–Crippen MR) is 107 cm³/mol. The summed E-state index contributed by atoms with van der Waals surface area (Å²) in [6.07, 6.45) is 5.54. The number of anilines is 1. The van der Waals surface area contributed by atoms with E-state index in [0.29, 0.717) is 25.6 Å². The van der Waals surface area contributed by atoms with Gasteiger partial charge in [0.05, 0.1) is 6.54 Å². The number of para-hydroxylation sites is 1. The molecule has 0 atom stereocenters. The zero-order valence-corrected chi connectivity index (χ0v) is 15.6. The van der Waals surface area contributed by atoms with Crippen LogP contribution in [0.1, 0.15) is 18.4 Å². The Hall–Kier alpha value is -2.11. The zero-order valence-electron chi connectivity index (χ0n) is 15.6. The lowest BCUT2D eigenvalue weighted by molar-refractivity contribution is -0.128. The van der Waals surface area contributed by atoms with Crippen molar-refractivity contribution in [3.63, 3.8) is 0 Å². The van der Waals surface area contributed by atoms with Crippen LogP contribution in [0.15, 0.2) is 49.6 Å². The Kier molecular flexibility index (Phi) is 8.38. The number of hydrogen-bond donors (Lipinski definition) is 2. The highest BCUT2D eigenvalue weighted by Gasteiger charge is 2.19. The summed E-state index contributed by atoms with van der Waals surface area (Å²) in [4.78, 5) is 16.5. The second kappa shape index (κ2) is 10.8. The number of piperidine rings is 1. The Morgan fingerprint density at radius 2 is 1.88 bits per heavy atom. The number of carbonyl (C=O) groups is 1. The Bertz CT molecular complexity index is 585. The first-order valence-corrected chi connectivity index (χ1v) is 9.32. The van der Waals surface area contributed by atoms with Crippen LogP contribution in [0.2, 0.25) is 0 Å². The highest BCUT2D eigenvalue weighted by molar-refractivity contribution is 5.81. The summed E-state index contributed by atoms with van der Waals surface area (Å²) in [7, 11) is 0. The summed E-state index contributed by atoms with van der Waals surface area (Å²) in [5.41, 5.74) is 2.20. The molecule has 0 aliphatic carbocycles. The van der Waals surface area contributed by atoms with Gasteiger partial charge in [0, 0.05) is 31.9 Å². The van der Waals surface area contributed by atoms with Crippen molar-refractivity contribution < 1.29 is 9.90 Å². The first-order valence-electron chi connectivity index (χ1n) is 9.32. The largest absolute Gasteiger partial charge is 0.396 e. The molecule has 0 unspecified atom stereocenters. The van der Waals surface area contributed by atoms with Crippen molar-refractivity contribution in [2.45, 2.75) is 19.4 Å². The Morgan fingerprint density at radius 3 is 2.50 bits per heavy atom. The molecule has 1 saturated heterocycles. The maximum atomic E-state index is 12.4. The average Bonchev–Trinajstić information content (AvgIpc) is 2.67. The van der Waals surface area contributed by atoms with Crippen LogP contribution in [0.4, 0.5) is 5.69 Å². The van der Waals surface area contributed by atoms with E-state index in [1.807, 2.05) is 18.2 Å². The number of aliphatic hydroxyl groups is 1. The summed E-state index contributed by atoms with van der Waals surface area (Å²) in [6, 6.07) is 8.15. The number of hydrogen-bond acceptors (Lipinski definition) is 4. The van der Waals surface area contributed by atoms with Crippen molar-refractivity contribution in [3.8, 4) is 0 Å². The van der Waals surface area contributed by atoms with Crippen LogP contribution in [-0.4, -0.2) is 60.1 Å². The smallest absolute Gasteiger partial charge is 0.242 e. The number of benzene rings is 1. The summed E-state index contributed by atoms with van der Waals surface area (Å²) in [5, 5.41) is 12.6. The third kappa shape index (κ3) is 6.00. The maximum Gasteiger partial charge on any atom is 0.242 e. The summed E-state index contributed by atoms with van der Waals surface area (Å²) in [6.45, 7) is 11.9. The predicted octanol–water partition coefficient (Wildman–Crippen LogP) is 2.50. The summed E-state index contributed by atoms with van der Waals surface area (Å²) < 4.78 is 0. The minimum absolute atomic E-state index is 0.0309. The van der Waals surface area contributed by atoms with Crippen molar-refractivity contribution in [1.29, 1.82) is 0 Å². The Morgan fingerprint density at radius 1 is 1.23 bits per heavy atom. The number of carbonyl (C=O) groups excluding carboxylic acids is 1. The third-order valence-electron chi connectivity index (χ3n) is 4.86. The van der Waals surface area contributed by atoms with Gasteiger partial charge in [0.1, 0.15) is 0 Å². The fourth-order valence-electron chi connectivity index (χ4n) is 3.27. The molecule has 1 fully saturated rings. The fraction of sp³-hybridized carbons (Fsp3) is 0.476. The molecule has 0 aromatic heterocycles. The van der Waals surface area contributed by atoms with E-state index >= 15 is 0 Å². The van der Waals surface area contributed by atoms with Crippen molar-refractivity contribution in [1.82, 2.24) is 9.80 Å². The molecule has 1 aliphatic rings. The van der Waals surface area contributed by atoms with Gasteiger partial charge >= 0.3 is 0 Å². The molecular weight excluding hydrogens is 326 g/mol. The number of rotatable bonds is 10. The lowest BCUT2D eigenvalue weighted by atomic mass is 9.97. The van der Waals surface area contributed by atoms with Crippen LogP contribution in [0, 0.1) is 5.92 Å². The molecule has 5 nitrogen and oxygen atoms in total. The van der Waals surface area contributed by atoms with Gasteiger partial charge in [-0.05, 0) is 43.5 Å². The van der Waals surface area contributed by atoms with Crippen LogP contribution < -0.4 is 5.32 Å². The highest BCUT2D eigenvalue weighted by Crippen LogP contribution is 2.22. The van der Waals surface area contributed by atoms with Gasteiger partial charge in [-0.2, -0.15) is 0 Å². The second-order valence-electron chi connectivity index (χ2n) is 6.79. The van der Waals surface area contributed by atoms with Gasteiger partial charge in [-0.15, -0.1) is 13.2 Å². The van der Waals surface area contributed by atoms with E-state index in [1.165, 1.54) is 5.56 Å². The first kappa shape index (κ1) is 20.2.